The van der Waals surface area contributed by atoms with Crippen molar-refractivity contribution < 1.29 is 17.1 Å². The average Bonchev–Trinajstić information content (AvgIpc) is 2.78. The number of aromatic nitrogens is 2. The number of H-pyrrole nitrogens is 1. The number of rotatable bonds is 6. The summed E-state index contributed by atoms with van der Waals surface area (Å²) in [7, 11) is -4.85. The van der Waals surface area contributed by atoms with Gasteiger partial charge in [0, 0.05) is 19.2 Å². The van der Waals surface area contributed by atoms with Crippen LogP contribution in [-0.4, -0.2) is 42.5 Å². The van der Waals surface area contributed by atoms with Crippen LogP contribution < -0.4 is 0 Å². The second-order valence-electron chi connectivity index (χ2n) is 3.79. The van der Waals surface area contributed by atoms with Crippen molar-refractivity contribution in [2.75, 3.05) is 13.1 Å². The maximum absolute atomic E-state index is 12.7. The quantitative estimate of drug-likeness (QED) is 0.795. The largest absolute Gasteiger partial charge is 0.349 e. The molecule has 0 unspecified atom stereocenters. The highest BCUT2D eigenvalue weighted by molar-refractivity contribution is 7.86. The van der Waals surface area contributed by atoms with Gasteiger partial charge in [-0.15, -0.1) is 0 Å². The summed E-state index contributed by atoms with van der Waals surface area (Å²) in [4.78, 5) is 13.5. The molecule has 1 aromatic heterocycles. The van der Waals surface area contributed by atoms with E-state index >= 15 is 0 Å². The van der Waals surface area contributed by atoms with Gasteiger partial charge in [-0.05, 0) is 13.3 Å². The molecule has 0 saturated carbocycles. The summed E-state index contributed by atoms with van der Waals surface area (Å²) in [6, 6.07) is 0.909. The minimum absolute atomic E-state index is 0.0934. The normalized spacial score (nSPS) is 11.5. The van der Waals surface area contributed by atoms with Crippen molar-refractivity contribution in [1.29, 1.82) is 0 Å². The van der Waals surface area contributed by atoms with Crippen LogP contribution in [0.15, 0.2) is 11.1 Å². The third kappa shape index (κ3) is 3.52. The van der Waals surface area contributed by atoms with Crippen molar-refractivity contribution >= 4 is 16.1 Å². The molecule has 18 heavy (non-hydrogen) atoms. The van der Waals surface area contributed by atoms with Gasteiger partial charge in [-0.2, -0.15) is 13.5 Å². The molecule has 1 heterocycles. The second kappa shape index (κ2) is 5.94. The molecule has 0 saturated heterocycles. The molecule has 0 spiro atoms. The third-order valence-corrected chi connectivity index (χ3v) is 3.22. The Morgan fingerprint density at radius 2 is 2.17 bits per heavy atom. The second-order valence-corrected chi connectivity index (χ2v) is 5.11. The van der Waals surface area contributed by atoms with E-state index in [9.17, 15) is 17.1 Å². The van der Waals surface area contributed by atoms with Gasteiger partial charge >= 0.3 is 10.2 Å². The summed E-state index contributed by atoms with van der Waals surface area (Å²) in [5, 5.41) is 4.83. The lowest BCUT2D eigenvalue weighted by Crippen LogP contribution is -2.32. The Hall–Kier alpha value is -1.44. The van der Waals surface area contributed by atoms with E-state index in [0.29, 0.717) is 13.1 Å². The number of carbonyl (C=O) groups is 1. The summed E-state index contributed by atoms with van der Waals surface area (Å²) in [6.07, 6.45) is 1.78. The molecule has 0 fully saturated rings. The number of hydrogen-bond acceptors (Lipinski definition) is 4. The Labute approximate surface area is 105 Å². The highest BCUT2D eigenvalue weighted by Crippen LogP contribution is 2.12. The van der Waals surface area contributed by atoms with Crippen molar-refractivity contribution in [3.8, 4) is 0 Å². The summed E-state index contributed by atoms with van der Waals surface area (Å²) in [5.74, 6) is -0.405. The first-order valence-corrected chi connectivity index (χ1v) is 7.07. The third-order valence-electron chi connectivity index (χ3n) is 2.49. The monoisotopic (exact) mass is 277 g/mol. The molecular weight excluding hydrogens is 261 g/mol. The van der Waals surface area contributed by atoms with Crippen LogP contribution in [0.5, 0.6) is 0 Å². The zero-order valence-corrected chi connectivity index (χ0v) is 11.1. The predicted octanol–water partition coefficient (Wildman–Crippen LogP) is 1.33. The van der Waals surface area contributed by atoms with Crippen molar-refractivity contribution in [1.82, 2.24) is 15.1 Å². The number of carbonyl (C=O) groups excluding carboxylic acids is 1. The fourth-order valence-corrected chi connectivity index (χ4v) is 1.86. The number of unbranched alkanes of at least 4 members (excludes halogenated alkanes) is 1. The molecule has 1 aromatic rings. The Bertz CT molecular complexity index is 512. The molecule has 1 N–H and O–H groups in total. The van der Waals surface area contributed by atoms with Crippen LogP contribution in [-0.2, 0) is 10.2 Å². The van der Waals surface area contributed by atoms with Crippen molar-refractivity contribution in [2.45, 2.75) is 31.7 Å². The molecule has 0 radical (unpaired) electrons. The Morgan fingerprint density at radius 1 is 1.50 bits per heavy atom. The highest BCUT2D eigenvalue weighted by atomic mass is 32.3. The predicted molar refractivity (Wildman–Crippen MR) is 63.4 cm³/mol. The maximum Gasteiger partial charge on any atom is 0.349 e. The van der Waals surface area contributed by atoms with Crippen molar-refractivity contribution in [3.63, 3.8) is 0 Å². The fraction of sp³-hybridized carbons (Fsp3) is 0.600. The van der Waals surface area contributed by atoms with Gasteiger partial charge in [0.2, 0.25) is 0 Å². The summed E-state index contributed by atoms with van der Waals surface area (Å²) >= 11 is 0. The molecule has 102 valence electrons. The van der Waals surface area contributed by atoms with E-state index in [-0.39, 0.29) is 5.69 Å². The van der Waals surface area contributed by atoms with E-state index in [1.807, 2.05) is 18.9 Å². The molecule has 1 rings (SSSR count). The number of halogens is 1. The van der Waals surface area contributed by atoms with Gasteiger partial charge in [-0.3, -0.25) is 9.89 Å². The number of nitrogens with zero attached hydrogens (tertiary/aromatic N) is 2. The lowest BCUT2D eigenvalue weighted by molar-refractivity contribution is 0.0756. The first kappa shape index (κ1) is 14.6. The molecule has 0 atom stereocenters. The maximum atomic E-state index is 12.7. The molecule has 0 aliphatic rings. The van der Waals surface area contributed by atoms with Gasteiger partial charge < -0.3 is 4.90 Å². The lowest BCUT2D eigenvalue weighted by atomic mass is 10.3. The molecular formula is C10H16FN3O3S. The Morgan fingerprint density at radius 3 is 2.61 bits per heavy atom. The van der Waals surface area contributed by atoms with Crippen LogP contribution in [0.3, 0.4) is 0 Å². The zero-order chi connectivity index (χ0) is 13.8. The van der Waals surface area contributed by atoms with E-state index in [1.165, 1.54) is 4.90 Å². The molecule has 0 bridgehead atoms. The van der Waals surface area contributed by atoms with Crippen LogP contribution >= 0.6 is 0 Å². The van der Waals surface area contributed by atoms with Gasteiger partial charge in [0.25, 0.3) is 5.91 Å². The lowest BCUT2D eigenvalue weighted by Gasteiger charge is -2.19. The summed E-state index contributed by atoms with van der Waals surface area (Å²) < 4.78 is 33.9. The average molecular weight is 277 g/mol. The molecule has 0 aromatic carbocycles. The van der Waals surface area contributed by atoms with Gasteiger partial charge in [0.15, 0.2) is 10.7 Å². The smallest absolute Gasteiger partial charge is 0.338 e. The first-order valence-electron chi connectivity index (χ1n) is 5.69. The number of nitrogens with one attached hydrogen (secondary N) is 1. The molecule has 1 amide bonds. The van der Waals surface area contributed by atoms with Crippen LogP contribution in [0.25, 0.3) is 0 Å². The number of aromatic amines is 1. The van der Waals surface area contributed by atoms with Crippen LogP contribution in [0.1, 0.15) is 37.2 Å². The van der Waals surface area contributed by atoms with Crippen molar-refractivity contribution in [3.05, 3.63) is 11.8 Å². The standard InChI is InChI=1S/C10H16FN3O3S/c1-3-5-6-14(4-2)10(15)8-7-9(13-12-8)18(11,16)17/h7H,3-6H2,1-2H3,(H,12,13). The Balaban J connectivity index is 2.86. The van der Waals surface area contributed by atoms with Gasteiger partial charge in [0.05, 0.1) is 0 Å². The van der Waals surface area contributed by atoms with E-state index in [0.717, 1.165) is 18.9 Å². The van der Waals surface area contributed by atoms with E-state index in [1.54, 1.807) is 0 Å². The van der Waals surface area contributed by atoms with E-state index < -0.39 is 21.2 Å². The minimum Gasteiger partial charge on any atom is -0.338 e. The molecule has 0 aliphatic heterocycles. The first-order chi connectivity index (χ1) is 8.40. The van der Waals surface area contributed by atoms with Crippen LogP contribution in [0.2, 0.25) is 0 Å². The summed E-state index contributed by atoms with van der Waals surface area (Å²) in [5.41, 5.74) is -0.0934. The van der Waals surface area contributed by atoms with Gasteiger partial charge in [-0.1, -0.05) is 17.2 Å². The fourth-order valence-electron chi connectivity index (χ4n) is 1.45. The van der Waals surface area contributed by atoms with E-state index in [2.05, 4.69) is 5.10 Å². The van der Waals surface area contributed by atoms with Crippen LogP contribution in [0.4, 0.5) is 3.89 Å². The van der Waals surface area contributed by atoms with Gasteiger partial charge in [-0.25, -0.2) is 0 Å². The van der Waals surface area contributed by atoms with Gasteiger partial charge in [0.1, 0.15) is 0 Å². The zero-order valence-electron chi connectivity index (χ0n) is 10.3. The molecule has 6 nitrogen and oxygen atoms in total. The topological polar surface area (TPSA) is 83.1 Å². The molecule has 8 heteroatoms. The SMILES string of the molecule is CCCCN(CC)C(=O)c1cc(S(=O)(=O)F)[nH]n1. The van der Waals surface area contributed by atoms with E-state index in [4.69, 9.17) is 0 Å². The van der Waals surface area contributed by atoms with Crippen molar-refractivity contribution in [2.24, 2.45) is 0 Å². The molecule has 0 aliphatic carbocycles. The summed E-state index contributed by atoms with van der Waals surface area (Å²) in [6.45, 7) is 4.87. The Kier molecular flexibility index (Phi) is 4.83. The minimum atomic E-state index is -4.85. The number of amides is 1. The highest BCUT2D eigenvalue weighted by Gasteiger charge is 2.21. The van der Waals surface area contributed by atoms with Crippen LogP contribution in [0, 0.1) is 0 Å². The number of hydrogen-bond donors (Lipinski definition) is 1.